The van der Waals surface area contributed by atoms with Gasteiger partial charge in [0, 0.05) is 12.9 Å². The molecule has 0 saturated heterocycles. The number of ether oxygens (including phenoxy) is 1. The van der Waals surface area contributed by atoms with Gasteiger partial charge in [0.25, 0.3) is 0 Å². The van der Waals surface area contributed by atoms with E-state index in [4.69, 9.17) is 9.90 Å². The van der Waals surface area contributed by atoms with Crippen LogP contribution in [0.4, 0.5) is 0 Å². The molecule has 0 atom stereocenters. The molecule has 0 aliphatic rings. The van der Waals surface area contributed by atoms with Crippen molar-refractivity contribution >= 4 is 17.7 Å². The quantitative estimate of drug-likeness (QED) is 0.338. The highest BCUT2D eigenvalue weighted by atomic mass is 16.5. The first-order chi connectivity index (χ1) is 7.06. The van der Waals surface area contributed by atoms with E-state index < -0.39 is 17.7 Å². The van der Waals surface area contributed by atoms with Crippen LogP contribution in [0.1, 0.15) is 13.8 Å². The summed E-state index contributed by atoms with van der Waals surface area (Å²) in [6.07, 6.45) is 0. The van der Waals surface area contributed by atoms with E-state index in [2.05, 4.69) is 4.74 Å². The van der Waals surface area contributed by atoms with E-state index in [1.165, 1.54) is 6.92 Å². The van der Waals surface area contributed by atoms with Crippen LogP contribution in [0.5, 0.6) is 0 Å². The van der Waals surface area contributed by atoms with Crippen molar-refractivity contribution < 1.29 is 28.7 Å². The molecular formula is C10H19NO5. The van der Waals surface area contributed by atoms with E-state index in [0.29, 0.717) is 17.6 Å². The van der Waals surface area contributed by atoms with Gasteiger partial charge in [-0.1, -0.05) is 0 Å². The van der Waals surface area contributed by atoms with Gasteiger partial charge in [-0.15, -0.1) is 0 Å². The molecular weight excluding hydrogens is 214 g/mol. The Labute approximate surface area is 95.4 Å². The third-order valence-electron chi connectivity index (χ3n) is 1.28. The molecule has 0 saturated carbocycles. The molecule has 94 valence electrons. The van der Waals surface area contributed by atoms with Crippen molar-refractivity contribution in [3.63, 3.8) is 0 Å². The summed E-state index contributed by atoms with van der Waals surface area (Å²) in [5.74, 6) is -2.38. The molecule has 0 bridgehead atoms. The summed E-state index contributed by atoms with van der Waals surface area (Å²) in [5, 5.41) is 8.89. The molecule has 0 aromatic carbocycles. The van der Waals surface area contributed by atoms with Crippen LogP contribution in [-0.4, -0.2) is 56.5 Å². The summed E-state index contributed by atoms with van der Waals surface area (Å²) in [7, 11) is 5.96. The van der Waals surface area contributed by atoms with Gasteiger partial charge >= 0.3 is 5.97 Å². The van der Waals surface area contributed by atoms with Crippen molar-refractivity contribution in [2.45, 2.75) is 13.8 Å². The van der Waals surface area contributed by atoms with E-state index in [-0.39, 0.29) is 0 Å². The minimum Gasteiger partial charge on any atom is -0.550 e. The van der Waals surface area contributed by atoms with E-state index in [0.717, 1.165) is 6.92 Å². The zero-order valence-electron chi connectivity index (χ0n) is 10.4. The molecule has 0 aromatic rings. The molecule has 0 heterocycles. The maximum Gasteiger partial charge on any atom is 0.374 e. The summed E-state index contributed by atoms with van der Waals surface area (Å²) >= 11 is 0. The highest BCUT2D eigenvalue weighted by Gasteiger charge is 2.11. The minimum absolute atomic E-state index is 0.294. The fraction of sp³-hybridized carbons (Fsp3) is 0.700. The third kappa shape index (κ3) is 18.4. The smallest absolute Gasteiger partial charge is 0.374 e. The molecule has 0 aliphatic carbocycles. The largest absolute Gasteiger partial charge is 0.550 e. The SMILES string of the molecule is CC(=O)C(=O)OCC[N+](C)(C)C.CC(=O)[O-]. The fourth-order valence-corrected chi connectivity index (χ4v) is 0.514. The van der Waals surface area contributed by atoms with Crippen LogP contribution in [0.3, 0.4) is 0 Å². The molecule has 0 spiro atoms. The van der Waals surface area contributed by atoms with Crippen LogP contribution in [0.15, 0.2) is 0 Å². The Bertz CT molecular complexity index is 250. The lowest BCUT2D eigenvalue weighted by Gasteiger charge is -2.23. The number of likely N-dealkylation sites (N-methyl/N-ethyl adjacent to an activating group) is 1. The maximum atomic E-state index is 10.6. The Kier molecular flexibility index (Phi) is 8.29. The average Bonchev–Trinajstić information content (AvgIpc) is 2.00. The molecule has 16 heavy (non-hydrogen) atoms. The van der Waals surface area contributed by atoms with Gasteiger partial charge in [-0.05, 0) is 6.92 Å². The monoisotopic (exact) mass is 233 g/mol. The van der Waals surface area contributed by atoms with Crippen molar-refractivity contribution in [1.29, 1.82) is 0 Å². The number of Topliss-reactive ketones (excluding diaryl/α,β-unsaturated/α-hetero) is 1. The summed E-state index contributed by atoms with van der Waals surface area (Å²) in [4.78, 5) is 30.0. The van der Waals surface area contributed by atoms with Crippen LogP contribution in [0.25, 0.3) is 0 Å². The number of hydrogen-bond donors (Lipinski definition) is 0. The topological polar surface area (TPSA) is 83.5 Å². The van der Waals surface area contributed by atoms with Crippen LogP contribution < -0.4 is 5.11 Å². The van der Waals surface area contributed by atoms with Crippen LogP contribution >= 0.6 is 0 Å². The predicted molar refractivity (Wildman–Crippen MR) is 55.2 cm³/mol. The molecule has 6 nitrogen and oxygen atoms in total. The fourth-order valence-electron chi connectivity index (χ4n) is 0.514. The van der Waals surface area contributed by atoms with Gasteiger partial charge in [0.05, 0.1) is 21.1 Å². The van der Waals surface area contributed by atoms with Gasteiger partial charge in [0.2, 0.25) is 5.78 Å². The van der Waals surface area contributed by atoms with Crippen molar-refractivity contribution in [2.75, 3.05) is 34.3 Å². The maximum absolute atomic E-state index is 10.6. The summed E-state index contributed by atoms with van der Waals surface area (Å²) in [6, 6.07) is 0. The van der Waals surface area contributed by atoms with Crippen LogP contribution in [0.2, 0.25) is 0 Å². The lowest BCUT2D eigenvalue weighted by Crippen LogP contribution is -2.38. The van der Waals surface area contributed by atoms with Crippen molar-refractivity contribution in [2.24, 2.45) is 0 Å². The highest BCUT2D eigenvalue weighted by Crippen LogP contribution is 1.90. The van der Waals surface area contributed by atoms with E-state index in [1.54, 1.807) is 0 Å². The Balaban J connectivity index is 0. The lowest BCUT2D eigenvalue weighted by atomic mass is 10.4. The number of carboxylic acid groups (broad SMARTS) is 1. The third-order valence-corrected chi connectivity index (χ3v) is 1.28. The van der Waals surface area contributed by atoms with Crippen molar-refractivity contribution in [3.05, 3.63) is 0 Å². The molecule has 0 unspecified atom stereocenters. The second-order valence-electron chi connectivity index (χ2n) is 4.20. The predicted octanol–water partition coefficient (Wildman–Crippen LogP) is -1.42. The average molecular weight is 233 g/mol. The number of esters is 1. The first-order valence-electron chi connectivity index (χ1n) is 4.72. The van der Waals surface area contributed by atoms with Crippen molar-refractivity contribution in [1.82, 2.24) is 0 Å². The number of quaternary nitrogens is 1. The number of ketones is 1. The molecule has 0 N–H and O–H groups in total. The first-order valence-corrected chi connectivity index (χ1v) is 4.72. The number of carbonyl (C=O) groups is 3. The molecule has 6 heteroatoms. The molecule has 0 aliphatic heterocycles. The van der Waals surface area contributed by atoms with Crippen LogP contribution in [-0.2, 0) is 19.1 Å². The van der Waals surface area contributed by atoms with Crippen LogP contribution in [0, 0.1) is 0 Å². The number of nitrogens with zero attached hydrogens (tertiary/aromatic N) is 1. The lowest BCUT2D eigenvalue weighted by molar-refractivity contribution is -0.870. The molecule has 0 rings (SSSR count). The first kappa shape index (κ1) is 17.0. The van der Waals surface area contributed by atoms with E-state index in [1.807, 2.05) is 21.1 Å². The van der Waals surface area contributed by atoms with E-state index >= 15 is 0 Å². The van der Waals surface area contributed by atoms with Crippen molar-refractivity contribution in [3.8, 4) is 0 Å². The Morgan fingerprint density at radius 3 is 1.75 bits per heavy atom. The second-order valence-corrected chi connectivity index (χ2v) is 4.20. The number of rotatable bonds is 4. The second kappa shape index (κ2) is 7.81. The molecule has 0 fully saturated rings. The van der Waals surface area contributed by atoms with Gasteiger partial charge < -0.3 is 19.1 Å². The minimum atomic E-state index is -1.08. The molecule has 0 aromatic heterocycles. The van der Waals surface area contributed by atoms with Gasteiger partial charge in [0.15, 0.2) is 0 Å². The van der Waals surface area contributed by atoms with E-state index in [9.17, 15) is 9.59 Å². The zero-order chi connectivity index (χ0) is 13.4. The van der Waals surface area contributed by atoms with Gasteiger partial charge in [-0.3, -0.25) is 4.79 Å². The normalized spacial score (nSPS) is 9.81. The molecule has 0 radical (unpaired) electrons. The standard InChI is InChI=1S/C8H16NO3.C2H4O2/c1-7(10)8(11)12-6-5-9(2,3)4;1-2(3)4/h5-6H2,1-4H3;1H3,(H,3,4)/q+1;/p-1. The Morgan fingerprint density at radius 1 is 1.12 bits per heavy atom. The summed E-state index contributed by atoms with van der Waals surface area (Å²) in [6.45, 7) is 3.18. The van der Waals surface area contributed by atoms with Gasteiger partial charge in [-0.2, -0.15) is 0 Å². The summed E-state index contributed by atoms with van der Waals surface area (Å²) in [5.41, 5.74) is 0. The number of hydrogen-bond acceptors (Lipinski definition) is 5. The number of carbonyl (C=O) groups excluding carboxylic acids is 3. The number of aliphatic carboxylic acids is 1. The summed E-state index contributed by atoms with van der Waals surface area (Å²) < 4.78 is 5.39. The van der Waals surface area contributed by atoms with Gasteiger partial charge in [0.1, 0.15) is 13.2 Å². The Morgan fingerprint density at radius 2 is 1.50 bits per heavy atom. The number of carboxylic acids is 1. The highest BCUT2D eigenvalue weighted by molar-refractivity contribution is 6.32. The Hall–Kier alpha value is -1.43. The molecule has 0 amide bonds. The zero-order valence-corrected chi connectivity index (χ0v) is 10.4. The van der Waals surface area contributed by atoms with Gasteiger partial charge in [-0.25, -0.2) is 4.79 Å².